The monoisotopic (exact) mass is 214 g/mol. The Hall–Kier alpha value is -0.610. The molecule has 1 rings (SSSR count). The first kappa shape index (κ1) is 12.5. The minimum atomic E-state index is -0.405. The number of hydrogen-bond acceptors (Lipinski definition) is 3. The van der Waals surface area contributed by atoms with Crippen LogP contribution in [0.5, 0.6) is 0 Å². The summed E-state index contributed by atoms with van der Waals surface area (Å²) in [5, 5.41) is 9.11. The number of carbonyl (C=O) groups excluding carboxylic acids is 1. The van der Waals surface area contributed by atoms with Gasteiger partial charge in [0.15, 0.2) is 0 Å². The molecule has 4 nitrogen and oxygen atoms in total. The predicted molar refractivity (Wildman–Crippen MR) is 59.3 cm³/mol. The van der Waals surface area contributed by atoms with E-state index >= 15 is 0 Å². The van der Waals surface area contributed by atoms with Crippen LogP contribution in [-0.4, -0.2) is 41.1 Å². The van der Waals surface area contributed by atoms with Crippen LogP contribution in [0.1, 0.15) is 33.1 Å². The van der Waals surface area contributed by atoms with E-state index in [0.717, 1.165) is 19.4 Å². The van der Waals surface area contributed by atoms with Crippen molar-refractivity contribution in [3.05, 3.63) is 0 Å². The summed E-state index contributed by atoms with van der Waals surface area (Å²) in [5.74, 6) is 0.430. The summed E-state index contributed by atoms with van der Waals surface area (Å²) in [6, 6.07) is -0.409. The molecule has 0 radical (unpaired) electrons. The van der Waals surface area contributed by atoms with Crippen molar-refractivity contribution in [2.75, 3.05) is 13.2 Å². The van der Waals surface area contributed by atoms with Gasteiger partial charge in [0.2, 0.25) is 5.91 Å². The minimum Gasteiger partial charge on any atom is -0.394 e. The van der Waals surface area contributed by atoms with E-state index in [2.05, 4.69) is 13.8 Å². The molecule has 0 aromatic rings. The van der Waals surface area contributed by atoms with Gasteiger partial charge < -0.3 is 15.7 Å². The zero-order valence-electron chi connectivity index (χ0n) is 9.65. The number of nitrogens with two attached hydrogens (primary N) is 1. The predicted octanol–water partition coefficient (Wildman–Crippen LogP) is 0.343. The molecule has 1 amide bonds. The lowest BCUT2D eigenvalue weighted by Crippen LogP contribution is -2.47. The Morgan fingerprint density at radius 1 is 1.60 bits per heavy atom. The normalized spacial score (nSPS) is 23.5. The number of rotatable bonds is 4. The van der Waals surface area contributed by atoms with Crippen LogP contribution in [0.15, 0.2) is 0 Å². The second-order valence-corrected chi connectivity index (χ2v) is 4.75. The van der Waals surface area contributed by atoms with Crippen LogP contribution in [0.2, 0.25) is 0 Å². The third-order valence-electron chi connectivity index (χ3n) is 2.91. The third-order valence-corrected chi connectivity index (χ3v) is 2.91. The molecule has 1 heterocycles. The fourth-order valence-electron chi connectivity index (χ4n) is 2.14. The number of nitrogens with zero attached hydrogens (tertiary/aromatic N) is 1. The standard InChI is InChI=1S/C11H22N2O2/c1-8(2)6-10(12)11(15)13-5-3-4-9(13)7-14/h8-10,14H,3-7,12H2,1-2H3/t9?,10-/m0/s1. The molecule has 0 bridgehead atoms. The highest BCUT2D eigenvalue weighted by atomic mass is 16.3. The fraction of sp³-hybridized carbons (Fsp3) is 0.909. The summed E-state index contributed by atoms with van der Waals surface area (Å²) in [7, 11) is 0. The lowest BCUT2D eigenvalue weighted by Gasteiger charge is -2.26. The molecule has 1 saturated heterocycles. The molecule has 15 heavy (non-hydrogen) atoms. The van der Waals surface area contributed by atoms with Crippen molar-refractivity contribution < 1.29 is 9.90 Å². The Labute approximate surface area is 91.4 Å². The molecule has 2 atom stereocenters. The summed E-state index contributed by atoms with van der Waals surface area (Å²) in [5.41, 5.74) is 5.84. The highest BCUT2D eigenvalue weighted by Crippen LogP contribution is 2.18. The largest absolute Gasteiger partial charge is 0.394 e. The SMILES string of the molecule is CC(C)C[C@H](N)C(=O)N1CCCC1CO. The van der Waals surface area contributed by atoms with Crippen molar-refractivity contribution >= 4 is 5.91 Å². The summed E-state index contributed by atoms with van der Waals surface area (Å²) >= 11 is 0. The Bertz CT molecular complexity index is 219. The van der Waals surface area contributed by atoms with Gasteiger partial charge in [0.1, 0.15) is 0 Å². The Morgan fingerprint density at radius 2 is 2.27 bits per heavy atom. The minimum absolute atomic E-state index is 0.000231. The van der Waals surface area contributed by atoms with E-state index in [1.165, 1.54) is 0 Å². The zero-order valence-corrected chi connectivity index (χ0v) is 9.65. The van der Waals surface area contributed by atoms with E-state index < -0.39 is 6.04 Å². The number of amides is 1. The number of hydrogen-bond donors (Lipinski definition) is 2. The van der Waals surface area contributed by atoms with E-state index in [1.807, 2.05) is 0 Å². The van der Waals surface area contributed by atoms with Crippen molar-refractivity contribution in [3.8, 4) is 0 Å². The van der Waals surface area contributed by atoms with Gasteiger partial charge in [0, 0.05) is 6.54 Å². The van der Waals surface area contributed by atoms with Gasteiger partial charge in [-0.25, -0.2) is 0 Å². The maximum atomic E-state index is 11.9. The van der Waals surface area contributed by atoms with Gasteiger partial charge in [0.05, 0.1) is 18.7 Å². The molecular formula is C11H22N2O2. The molecule has 1 aliphatic heterocycles. The number of likely N-dealkylation sites (tertiary alicyclic amines) is 1. The van der Waals surface area contributed by atoms with Crippen LogP contribution in [0.25, 0.3) is 0 Å². The van der Waals surface area contributed by atoms with Crippen LogP contribution in [0.4, 0.5) is 0 Å². The van der Waals surface area contributed by atoms with Crippen LogP contribution in [0, 0.1) is 5.92 Å². The quantitative estimate of drug-likeness (QED) is 0.709. The Balaban J connectivity index is 2.51. The maximum absolute atomic E-state index is 11.9. The molecule has 0 aromatic carbocycles. The Morgan fingerprint density at radius 3 is 2.80 bits per heavy atom. The molecule has 1 aliphatic rings. The zero-order chi connectivity index (χ0) is 11.4. The van der Waals surface area contributed by atoms with E-state index in [4.69, 9.17) is 10.8 Å². The first-order chi connectivity index (χ1) is 7.06. The molecule has 1 unspecified atom stereocenters. The molecule has 0 aromatic heterocycles. The molecule has 3 N–H and O–H groups in total. The van der Waals surface area contributed by atoms with E-state index in [1.54, 1.807) is 4.90 Å². The van der Waals surface area contributed by atoms with Gasteiger partial charge in [-0.05, 0) is 25.2 Å². The summed E-state index contributed by atoms with van der Waals surface area (Å²) in [6.45, 7) is 4.91. The average molecular weight is 214 g/mol. The second kappa shape index (κ2) is 5.47. The third kappa shape index (κ3) is 3.18. The van der Waals surface area contributed by atoms with Crippen LogP contribution in [-0.2, 0) is 4.79 Å². The first-order valence-electron chi connectivity index (χ1n) is 5.73. The van der Waals surface area contributed by atoms with Gasteiger partial charge in [-0.3, -0.25) is 4.79 Å². The summed E-state index contributed by atoms with van der Waals surface area (Å²) < 4.78 is 0. The lowest BCUT2D eigenvalue weighted by atomic mass is 10.0. The van der Waals surface area contributed by atoms with Gasteiger partial charge in [0.25, 0.3) is 0 Å². The summed E-state index contributed by atoms with van der Waals surface area (Å²) in [6.07, 6.45) is 2.59. The fourth-order valence-corrected chi connectivity index (χ4v) is 2.14. The van der Waals surface area contributed by atoms with Gasteiger partial charge in [-0.2, -0.15) is 0 Å². The topological polar surface area (TPSA) is 66.6 Å². The van der Waals surface area contributed by atoms with Gasteiger partial charge in [-0.15, -0.1) is 0 Å². The second-order valence-electron chi connectivity index (χ2n) is 4.75. The van der Waals surface area contributed by atoms with Crippen molar-refractivity contribution in [2.24, 2.45) is 11.7 Å². The van der Waals surface area contributed by atoms with Crippen molar-refractivity contribution in [1.29, 1.82) is 0 Å². The highest BCUT2D eigenvalue weighted by Gasteiger charge is 2.31. The first-order valence-corrected chi connectivity index (χ1v) is 5.73. The van der Waals surface area contributed by atoms with Crippen molar-refractivity contribution in [1.82, 2.24) is 4.90 Å². The molecule has 0 saturated carbocycles. The van der Waals surface area contributed by atoms with Crippen molar-refractivity contribution in [2.45, 2.75) is 45.2 Å². The lowest BCUT2D eigenvalue weighted by molar-refractivity contribution is -0.134. The summed E-state index contributed by atoms with van der Waals surface area (Å²) in [4.78, 5) is 13.7. The van der Waals surface area contributed by atoms with Crippen LogP contribution >= 0.6 is 0 Å². The molecule has 1 fully saturated rings. The Kier molecular flexibility index (Phi) is 4.54. The molecule has 4 heteroatoms. The molecular weight excluding hydrogens is 192 g/mol. The molecule has 88 valence electrons. The smallest absolute Gasteiger partial charge is 0.239 e. The maximum Gasteiger partial charge on any atom is 0.239 e. The van der Waals surface area contributed by atoms with Crippen LogP contribution in [0.3, 0.4) is 0 Å². The average Bonchev–Trinajstić information content (AvgIpc) is 2.62. The number of aliphatic hydroxyl groups is 1. The number of aliphatic hydroxyl groups excluding tert-OH is 1. The molecule has 0 spiro atoms. The molecule has 0 aliphatic carbocycles. The van der Waals surface area contributed by atoms with Crippen molar-refractivity contribution in [3.63, 3.8) is 0 Å². The van der Waals surface area contributed by atoms with Gasteiger partial charge >= 0.3 is 0 Å². The van der Waals surface area contributed by atoms with E-state index in [9.17, 15) is 4.79 Å². The highest BCUT2D eigenvalue weighted by molar-refractivity contribution is 5.82. The van der Waals surface area contributed by atoms with E-state index in [0.29, 0.717) is 12.3 Å². The number of carbonyl (C=O) groups is 1. The van der Waals surface area contributed by atoms with Gasteiger partial charge in [-0.1, -0.05) is 13.8 Å². The van der Waals surface area contributed by atoms with Crippen LogP contribution < -0.4 is 5.73 Å². The van der Waals surface area contributed by atoms with E-state index in [-0.39, 0.29) is 18.6 Å².